The zero-order chi connectivity index (χ0) is 14.5. The van der Waals surface area contributed by atoms with Crippen molar-refractivity contribution in [3.8, 4) is 11.5 Å². The van der Waals surface area contributed by atoms with Crippen molar-refractivity contribution < 1.29 is 0 Å². The molecule has 0 unspecified atom stereocenters. The van der Waals surface area contributed by atoms with Gasteiger partial charge in [0, 0.05) is 18.4 Å². The monoisotopic (exact) mass is 290 g/mol. The van der Waals surface area contributed by atoms with Gasteiger partial charge in [-0.1, -0.05) is 25.4 Å². The molecule has 0 aliphatic carbocycles. The van der Waals surface area contributed by atoms with E-state index in [1.807, 2.05) is 19.1 Å². The maximum Gasteiger partial charge on any atom is 0.178 e. The molecular weight excluding hydrogens is 272 g/mol. The molecule has 20 heavy (non-hydrogen) atoms. The molecule has 2 aromatic rings. The summed E-state index contributed by atoms with van der Waals surface area (Å²) in [5, 5.41) is 4.00. The van der Waals surface area contributed by atoms with Crippen molar-refractivity contribution in [2.24, 2.45) is 5.92 Å². The Morgan fingerprint density at radius 1 is 1.25 bits per heavy atom. The molecule has 0 aliphatic heterocycles. The molecule has 4 nitrogen and oxygen atoms in total. The van der Waals surface area contributed by atoms with Crippen LogP contribution in [-0.4, -0.2) is 21.5 Å². The number of nitrogens with one attached hydrogen (secondary N) is 1. The highest BCUT2D eigenvalue weighted by molar-refractivity contribution is 6.30. The fourth-order valence-corrected chi connectivity index (χ4v) is 1.95. The molecule has 106 valence electrons. The van der Waals surface area contributed by atoms with E-state index >= 15 is 0 Å². The van der Waals surface area contributed by atoms with Gasteiger partial charge in [0.2, 0.25) is 0 Å². The molecule has 2 aromatic heterocycles. The smallest absolute Gasteiger partial charge is 0.178 e. The summed E-state index contributed by atoms with van der Waals surface area (Å²) in [5.74, 6) is 1.26. The number of halogens is 1. The first-order valence-corrected chi connectivity index (χ1v) is 7.09. The lowest BCUT2D eigenvalue weighted by Crippen LogP contribution is -2.20. The topological polar surface area (TPSA) is 50.7 Å². The highest BCUT2D eigenvalue weighted by Gasteiger charge is 2.06. The summed E-state index contributed by atoms with van der Waals surface area (Å²) in [6.45, 7) is 8.04. The van der Waals surface area contributed by atoms with E-state index in [-0.39, 0.29) is 0 Å². The fraction of sp³-hybridized carbons (Fsp3) is 0.400. The van der Waals surface area contributed by atoms with Gasteiger partial charge in [-0.15, -0.1) is 0 Å². The van der Waals surface area contributed by atoms with Crippen LogP contribution in [0.25, 0.3) is 11.5 Å². The Morgan fingerprint density at radius 3 is 2.70 bits per heavy atom. The molecular formula is C15H19ClN4. The van der Waals surface area contributed by atoms with Gasteiger partial charge in [-0.25, -0.2) is 9.97 Å². The van der Waals surface area contributed by atoms with Crippen LogP contribution in [0.15, 0.2) is 24.4 Å². The van der Waals surface area contributed by atoms with Crippen molar-refractivity contribution in [2.75, 3.05) is 6.54 Å². The largest absolute Gasteiger partial charge is 0.311 e. The van der Waals surface area contributed by atoms with Crippen LogP contribution in [0.5, 0.6) is 0 Å². The van der Waals surface area contributed by atoms with Crippen molar-refractivity contribution in [3.63, 3.8) is 0 Å². The average Bonchev–Trinajstić information content (AvgIpc) is 2.38. The van der Waals surface area contributed by atoms with Gasteiger partial charge in [-0.3, -0.25) is 4.98 Å². The minimum atomic E-state index is 0.611. The molecule has 0 amide bonds. The quantitative estimate of drug-likeness (QED) is 0.918. The lowest BCUT2D eigenvalue weighted by Gasteiger charge is -2.09. The second-order valence-electron chi connectivity index (χ2n) is 5.21. The van der Waals surface area contributed by atoms with Gasteiger partial charge in [0.1, 0.15) is 5.69 Å². The third kappa shape index (κ3) is 4.25. The van der Waals surface area contributed by atoms with Crippen molar-refractivity contribution in [1.82, 2.24) is 20.3 Å². The van der Waals surface area contributed by atoms with Gasteiger partial charge in [-0.05, 0) is 37.6 Å². The van der Waals surface area contributed by atoms with Gasteiger partial charge in [-0.2, -0.15) is 0 Å². The second kappa shape index (κ2) is 6.77. The Kier molecular flexibility index (Phi) is 5.04. The summed E-state index contributed by atoms with van der Waals surface area (Å²) in [4.78, 5) is 13.2. The third-order valence-electron chi connectivity index (χ3n) is 2.72. The molecule has 0 saturated carbocycles. The second-order valence-corrected chi connectivity index (χ2v) is 5.65. The van der Waals surface area contributed by atoms with Crippen molar-refractivity contribution in [3.05, 3.63) is 40.8 Å². The Bertz CT molecular complexity index is 567. The number of hydrogen-bond acceptors (Lipinski definition) is 4. The molecule has 0 spiro atoms. The summed E-state index contributed by atoms with van der Waals surface area (Å²) in [5.41, 5.74) is 2.65. The van der Waals surface area contributed by atoms with Gasteiger partial charge in [0.05, 0.1) is 10.7 Å². The van der Waals surface area contributed by atoms with Gasteiger partial charge in [0.25, 0.3) is 0 Å². The maximum absolute atomic E-state index is 5.85. The first kappa shape index (κ1) is 14.9. The molecule has 5 heteroatoms. The number of pyridine rings is 1. The van der Waals surface area contributed by atoms with E-state index in [1.165, 1.54) is 0 Å². The highest BCUT2D eigenvalue weighted by atomic mass is 35.5. The number of nitrogens with zero attached hydrogens (tertiary/aromatic N) is 3. The fourth-order valence-electron chi connectivity index (χ4n) is 1.84. The molecule has 2 heterocycles. The lowest BCUT2D eigenvalue weighted by atomic mass is 10.2. The molecule has 0 aromatic carbocycles. The zero-order valence-corrected chi connectivity index (χ0v) is 12.8. The molecule has 0 bridgehead atoms. The predicted molar refractivity (Wildman–Crippen MR) is 81.6 cm³/mol. The normalized spacial score (nSPS) is 11.1. The van der Waals surface area contributed by atoms with Crippen LogP contribution in [0.3, 0.4) is 0 Å². The summed E-state index contributed by atoms with van der Waals surface area (Å²) in [7, 11) is 0. The summed E-state index contributed by atoms with van der Waals surface area (Å²) in [6.07, 6.45) is 1.61. The average molecular weight is 291 g/mol. The maximum atomic E-state index is 5.85. The number of rotatable bonds is 5. The van der Waals surface area contributed by atoms with Crippen molar-refractivity contribution >= 4 is 11.6 Å². The van der Waals surface area contributed by atoms with E-state index in [1.54, 1.807) is 12.3 Å². The zero-order valence-electron chi connectivity index (χ0n) is 12.0. The van der Waals surface area contributed by atoms with E-state index in [2.05, 4.69) is 34.1 Å². The van der Waals surface area contributed by atoms with E-state index in [0.29, 0.717) is 16.8 Å². The lowest BCUT2D eigenvalue weighted by molar-refractivity contribution is 0.548. The van der Waals surface area contributed by atoms with Crippen LogP contribution in [0, 0.1) is 12.8 Å². The van der Waals surface area contributed by atoms with Crippen LogP contribution >= 0.6 is 11.6 Å². The minimum Gasteiger partial charge on any atom is -0.311 e. The van der Waals surface area contributed by atoms with E-state index in [0.717, 1.165) is 30.2 Å². The molecule has 0 saturated heterocycles. The SMILES string of the molecule is Cc1cc(CNCC(C)C)nc(-c2ccc(Cl)cn2)n1. The number of hydrogen-bond donors (Lipinski definition) is 1. The molecule has 0 radical (unpaired) electrons. The summed E-state index contributed by atoms with van der Waals surface area (Å²) in [6, 6.07) is 5.63. The molecule has 1 N–H and O–H groups in total. The molecule has 0 atom stereocenters. The standard InChI is InChI=1S/C15H19ClN4/c1-10(2)7-17-9-13-6-11(3)19-15(20-13)14-5-4-12(16)8-18-14/h4-6,8,10,17H,7,9H2,1-3H3. The minimum absolute atomic E-state index is 0.611. The van der Waals surface area contributed by atoms with Crippen LogP contribution < -0.4 is 5.32 Å². The van der Waals surface area contributed by atoms with E-state index in [4.69, 9.17) is 11.6 Å². The third-order valence-corrected chi connectivity index (χ3v) is 2.95. The first-order valence-electron chi connectivity index (χ1n) is 6.72. The van der Waals surface area contributed by atoms with Gasteiger partial charge < -0.3 is 5.32 Å². The van der Waals surface area contributed by atoms with Crippen molar-refractivity contribution in [1.29, 1.82) is 0 Å². The Balaban J connectivity index is 2.18. The van der Waals surface area contributed by atoms with Gasteiger partial charge in [0.15, 0.2) is 5.82 Å². The van der Waals surface area contributed by atoms with E-state index in [9.17, 15) is 0 Å². The number of aryl methyl sites for hydroxylation is 1. The summed E-state index contributed by atoms with van der Waals surface area (Å²) >= 11 is 5.85. The predicted octanol–water partition coefficient (Wildman–Crippen LogP) is 3.25. The molecule has 0 aliphatic rings. The molecule has 0 fully saturated rings. The molecule has 2 rings (SSSR count). The van der Waals surface area contributed by atoms with E-state index < -0.39 is 0 Å². The van der Waals surface area contributed by atoms with Crippen LogP contribution in [0.4, 0.5) is 0 Å². The Morgan fingerprint density at radius 2 is 2.05 bits per heavy atom. The van der Waals surface area contributed by atoms with Crippen LogP contribution in [0.2, 0.25) is 5.02 Å². The summed E-state index contributed by atoms with van der Waals surface area (Å²) < 4.78 is 0. The van der Waals surface area contributed by atoms with Crippen LogP contribution in [-0.2, 0) is 6.54 Å². The number of aromatic nitrogens is 3. The first-order chi connectivity index (χ1) is 9.54. The van der Waals surface area contributed by atoms with Crippen molar-refractivity contribution in [2.45, 2.75) is 27.3 Å². The van der Waals surface area contributed by atoms with Gasteiger partial charge >= 0.3 is 0 Å². The Labute approximate surface area is 124 Å². The van der Waals surface area contributed by atoms with Crippen LogP contribution in [0.1, 0.15) is 25.2 Å². The Hall–Kier alpha value is -1.52. The highest BCUT2D eigenvalue weighted by Crippen LogP contribution is 2.15.